The van der Waals surface area contributed by atoms with Crippen molar-refractivity contribution in [2.24, 2.45) is 0 Å². The number of hydrogen-bond acceptors (Lipinski definition) is 4. The minimum absolute atomic E-state index is 0.0964. The Morgan fingerprint density at radius 1 is 1.44 bits per heavy atom. The number of carboxylic acid groups (broad SMARTS) is 1. The molecule has 0 saturated heterocycles. The van der Waals surface area contributed by atoms with Crippen molar-refractivity contribution in [3.8, 4) is 0 Å². The highest BCUT2D eigenvalue weighted by Gasteiger charge is 2.26. The maximum Gasteiger partial charge on any atom is 0.323 e. The van der Waals surface area contributed by atoms with E-state index < -0.39 is 5.97 Å². The second-order valence-electron chi connectivity index (χ2n) is 5.12. The molecule has 0 unspecified atom stereocenters. The third-order valence-corrected chi connectivity index (χ3v) is 2.72. The maximum absolute atomic E-state index is 11.0. The first-order valence-electron chi connectivity index (χ1n) is 5.71. The van der Waals surface area contributed by atoms with E-state index in [-0.39, 0.29) is 12.1 Å². The molecular weight excluding hydrogens is 232 g/mol. The SMILES string of the molecule is CC(C)(C)N(CC(=O)O)c1nccc2occc12. The number of rotatable bonds is 3. The topological polar surface area (TPSA) is 66.6 Å². The molecule has 2 aromatic heterocycles. The molecule has 5 nitrogen and oxygen atoms in total. The molecule has 5 heteroatoms. The van der Waals surface area contributed by atoms with Gasteiger partial charge in [0.2, 0.25) is 0 Å². The van der Waals surface area contributed by atoms with Crippen LogP contribution in [0.2, 0.25) is 0 Å². The summed E-state index contributed by atoms with van der Waals surface area (Å²) in [7, 11) is 0. The number of pyridine rings is 1. The van der Waals surface area contributed by atoms with E-state index in [1.807, 2.05) is 20.8 Å². The zero-order chi connectivity index (χ0) is 13.3. The monoisotopic (exact) mass is 248 g/mol. The summed E-state index contributed by atoms with van der Waals surface area (Å²) in [5.74, 6) is -0.247. The first kappa shape index (κ1) is 12.4. The number of aliphatic carboxylic acids is 1. The van der Waals surface area contributed by atoms with Crippen LogP contribution < -0.4 is 4.90 Å². The Morgan fingerprint density at radius 3 is 2.78 bits per heavy atom. The van der Waals surface area contributed by atoms with E-state index in [0.29, 0.717) is 11.4 Å². The van der Waals surface area contributed by atoms with Crippen LogP contribution >= 0.6 is 0 Å². The molecule has 0 aliphatic rings. The van der Waals surface area contributed by atoms with Crippen molar-refractivity contribution in [3.63, 3.8) is 0 Å². The van der Waals surface area contributed by atoms with Crippen molar-refractivity contribution < 1.29 is 14.3 Å². The summed E-state index contributed by atoms with van der Waals surface area (Å²) in [6.07, 6.45) is 3.21. The predicted octanol–water partition coefficient (Wildman–Crippen LogP) is 2.52. The molecule has 0 radical (unpaired) electrons. The Hall–Kier alpha value is -2.04. The molecule has 0 bridgehead atoms. The lowest BCUT2D eigenvalue weighted by Gasteiger charge is -2.35. The summed E-state index contributed by atoms with van der Waals surface area (Å²) in [4.78, 5) is 17.1. The van der Waals surface area contributed by atoms with Crippen LogP contribution in [0, 0.1) is 0 Å². The fourth-order valence-corrected chi connectivity index (χ4v) is 1.86. The van der Waals surface area contributed by atoms with Crippen LogP contribution in [0.3, 0.4) is 0 Å². The molecule has 0 atom stereocenters. The molecule has 0 aliphatic carbocycles. The molecule has 96 valence electrons. The summed E-state index contributed by atoms with van der Waals surface area (Å²) in [5.41, 5.74) is 0.372. The van der Waals surface area contributed by atoms with Gasteiger partial charge in [0.1, 0.15) is 17.9 Å². The number of furan rings is 1. The Morgan fingerprint density at radius 2 is 2.17 bits per heavy atom. The van der Waals surface area contributed by atoms with Gasteiger partial charge in [0.15, 0.2) is 0 Å². The highest BCUT2D eigenvalue weighted by molar-refractivity contribution is 5.90. The maximum atomic E-state index is 11.0. The molecule has 2 heterocycles. The van der Waals surface area contributed by atoms with Crippen LogP contribution in [0.25, 0.3) is 11.0 Å². The van der Waals surface area contributed by atoms with E-state index in [1.54, 1.807) is 29.5 Å². The third-order valence-electron chi connectivity index (χ3n) is 2.72. The van der Waals surface area contributed by atoms with Gasteiger partial charge in [0, 0.05) is 11.7 Å². The molecule has 0 aliphatic heterocycles. The van der Waals surface area contributed by atoms with Crippen molar-refractivity contribution in [2.45, 2.75) is 26.3 Å². The van der Waals surface area contributed by atoms with Crippen LogP contribution in [-0.4, -0.2) is 28.1 Å². The van der Waals surface area contributed by atoms with Crippen molar-refractivity contribution in [1.82, 2.24) is 4.98 Å². The normalized spacial score (nSPS) is 11.7. The molecule has 18 heavy (non-hydrogen) atoms. The van der Waals surface area contributed by atoms with E-state index in [2.05, 4.69) is 4.98 Å². The Kier molecular flexibility index (Phi) is 2.98. The number of nitrogens with zero attached hydrogens (tertiary/aromatic N) is 2. The Bertz CT molecular complexity index is 569. The van der Waals surface area contributed by atoms with Gasteiger partial charge in [0.25, 0.3) is 0 Å². The van der Waals surface area contributed by atoms with E-state index in [4.69, 9.17) is 9.52 Å². The summed E-state index contributed by atoms with van der Waals surface area (Å²) in [6.45, 7) is 5.77. The van der Waals surface area contributed by atoms with Gasteiger partial charge in [-0.3, -0.25) is 4.79 Å². The number of fused-ring (bicyclic) bond motifs is 1. The van der Waals surface area contributed by atoms with Crippen LogP contribution in [0.4, 0.5) is 5.82 Å². The van der Waals surface area contributed by atoms with Crippen molar-refractivity contribution in [3.05, 3.63) is 24.6 Å². The average molecular weight is 248 g/mol. The van der Waals surface area contributed by atoms with E-state index >= 15 is 0 Å². The van der Waals surface area contributed by atoms with Gasteiger partial charge in [-0.1, -0.05) is 0 Å². The molecule has 2 rings (SSSR count). The molecule has 0 spiro atoms. The first-order valence-corrected chi connectivity index (χ1v) is 5.71. The molecular formula is C13H16N2O3. The minimum atomic E-state index is -0.882. The van der Waals surface area contributed by atoms with E-state index in [0.717, 1.165) is 5.39 Å². The lowest BCUT2D eigenvalue weighted by atomic mass is 10.1. The molecule has 1 N–H and O–H groups in total. The highest BCUT2D eigenvalue weighted by atomic mass is 16.4. The van der Waals surface area contributed by atoms with Crippen LogP contribution in [0.5, 0.6) is 0 Å². The van der Waals surface area contributed by atoms with Gasteiger partial charge in [-0.05, 0) is 32.9 Å². The molecule has 0 aromatic carbocycles. The number of carbonyl (C=O) groups is 1. The van der Waals surface area contributed by atoms with E-state index in [9.17, 15) is 4.79 Å². The quantitative estimate of drug-likeness (QED) is 0.904. The van der Waals surface area contributed by atoms with Crippen LogP contribution in [-0.2, 0) is 4.79 Å². The Labute approximate surface area is 105 Å². The van der Waals surface area contributed by atoms with Crippen molar-refractivity contribution in [2.75, 3.05) is 11.4 Å². The second kappa shape index (κ2) is 4.33. The summed E-state index contributed by atoms with van der Waals surface area (Å²) in [5, 5.41) is 9.87. The second-order valence-corrected chi connectivity index (χ2v) is 5.12. The van der Waals surface area contributed by atoms with Gasteiger partial charge >= 0.3 is 5.97 Å². The summed E-state index contributed by atoms with van der Waals surface area (Å²) < 4.78 is 5.31. The lowest BCUT2D eigenvalue weighted by molar-refractivity contribution is -0.135. The summed E-state index contributed by atoms with van der Waals surface area (Å²) >= 11 is 0. The smallest absolute Gasteiger partial charge is 0.323 e. The lowest BCUT2D eigenvalue weighted by Crippen LogP contribution is -2.45. The molecule has 0 saturated carbocycles. The van der Waals surface area contributed by atoms with Gasteiger partial charge in [-0.2, -0.15) is 0 Å². The number of hydrogen-bond donors (Lipinski definition) is 1. The van der Waals surface area contributed by atoms with Gasteiger partial charge in [0.05, 0.1) is 11.6 Å². The first-order chi connectivity index (χ1) is 8.39. The Balaban J connectivity index is 2.54. The van der Waals surface area contributed by atoms with E-state index in [1.165, 1.54) is 0 Å². The zero-order valence-electron chi connectivity index (χ0n) is 10.7. The van der Waals surface area contributed by atoms with Gasteiger partial charge in [-0.25, -0.2) is 4.98 Å². The number of carboxylic acids is 1. The predicted molar refractivity (Wildman–Crippen MR) is 68.7 cm³/mol. The van der Waals surface area contributed by atoms with Crippen LogP contribution in [0.1, 0.15) is 20.8 Å². The van der Waals surface area contributed by atoms with Gasteiger partial charge < -0.3 is 14.4 Å². The fraction of sp³-hybridized carbons (Fsp3) is 0.385. The molecule has 0 amide bonds. The zero-order valence-corrected chi connectivity index (χ0v) is 10.7. The minimum Gasteiger partial charge on any atom is -0.480 e. The average Bonchev–Trinajstić information content (AvgIpc) is 2.71. The fourth-order valence-electron chi connectivity index (χ4n) is 1.86. The molecule has 2 aromatic rings. The standard InChI is InChI=1S/C13H16N2O3/c1-13(2,3)15(8-11(16)17)12-9-5-7-18-10(9)4-6-14-12/h4-7H,8H2,1-3H3,(H,16,17). The largest absolute Gasteiger partial charge is 0.480 e. The summed E-state index contributed by atoms with van der Waals surface area (Å²) in [6, 6.07) is 3.57. The highest BCUT2D eigenvalue weighted by Crippen LogP contribution is 2.29. The van der Waals surface area contributed by atoms with Crippen molar-refractivity contribution >= 4 is 22.8 Å². The third kappa shape index (κ3) is 2.30. The van der Waals surface area contributed by atoms with Crippen LogP contribution in [0.15, 0.2) is 29.0 Å². The number of aromatic nitrogens is 1. The molecule has 0 fully saturated rings. The number of anilines is 1. The van der Waals surface area contributed by atoms with Gasteiger partial charge in [-0.15, -0.1) is 0 Å². The van der Waals surface area contributed by atoms with Crippen molar-refractivity contribution in [1.29, 1.82) is 0 Å².